The summed E-state index contributed by atoms with van der Waals surface area (Å²) in [5.74, 6) is 0.813. The number of anilines is 2. The van der Waals surface area contributed by atoms with Crippen LogP contribution in [0.1, 0.15) is 86.5 Å². The van der Waals surface area contributed by atoms with E-state index in [-0.39, 0.29) is 42.5 Å². The van der Waals surface area contributed by atoms with Gasteiger partial charge >= 0.3 is 0 Å². The van der Waals surface area contributed by atoms with E-state index in [0.29, 0.717) is 6.04 Å². The number of aromatic nitrogens is 2. The van der Waals surface area contributed by atoms with Gasteiger partial charge in [-0.1, -0.05) is 159 Å². The highest BCUT2D eigenvalue weighted by Crippen LogP contribution is 2.63. The Hall–Kier alpha value is -6.08. The zero-order chi connectivity index (χ0) is 42.6. The van der Waals surface area contributed by atoms with Gasteiger partial charge in [0.25, 0.3) is 0 Å². The summed E-state index contributed by atoms with van der Waals surface area (Å²) in [6.45, 7) is 0. The molecule has 3 heterocycles. The third-order valence-electron chi connectivity index (χ3n) is 16.6. The topological polar surface area (TPSA) is 50.7 Å². The monoisotopic (exact) mass is 850 g/mol. The van der Waals surface area contributed by atoms with E-state index in [1.807, 2.05) is 0 Å². The highest BCUT2D eigenvalue weighted by Gasteiger charge is 2.58. The first kappa shape index (κ1) is 38.2. The summed E-state index contributed by atoms with van der Waals surface area (Å²) in [5, 5.41) is 0. The molecule has 0 amide bonds. The lowest BCUT2D eigenvalue weighted by molar-refractivity contribution is -0.171. The molecule has 7 aliphatic rings. The van der Waals surface area contributed by atoms with E-state index in [4.69, 9.17) is 19.4 Å². The summed E-state index contributed by atoms with van der Waals surface area (Å²) in [6, 6.07) is 59.4. The number of morpholine rings is 2. The number of benzene rings is 6. The van der Waals surface area contributed by atoms with Gasteiger partial charge < -0.3 is 19.3 Å². The molecule has 1 aromatic heterocycles. The molecule has 6 aromatic carbocycles. The molecule has 5 aliphatic carbocycles. The fourth-order valence-electron chi connectivity index (χ4n) is 14.0. The van der Waals surface area contributed by atoms with Crippen molar-refractivity contribution in [3.05, 3.63) is 180 Å². The molecule has 1 spiro atoms. The first-order valence-electron chi connectivity index (χ1n) is 24.6. The smallest absolute Gasteiger partial charge is 0.227 e. The van der Waals surface area contributed by atoms with Crippen molar-refractivity contribution in [2.24, 2.45) is 0 Å². The largest absolute Gasteiger partial charge is 0.371 e. The number of ether oxygens (including phenoxy) is 2. The third-order valence-corrected chi connectivity index (χ3v) is 16.6. The molecule has 0 radical (unpaired) electrons. The summed E-state index contributed by atoms with van der Waals surface area (Å²) in [5.41, 5.74) is 15.6. The minimum Gasteiger partial charge on any atom is -0.371 e. The van der Waals surface area contributed by atoms with Crippen LogP contribution in [0, 0.1) is 0 Å². The second-order valence-electron chi connectivity index (χ2n) is 19.8. The van der Waals surface area contributed by atoms with Crippen LogP contribution in [-0.4, -0.2) is 58.6 Å². The van der Waals surface area contributed by atoms with Gasteiger partial charge in [0.2, 0.25) is 5.95 Å². The van der Waals surface area contributed by atoms with Crippen LogP contribution in [0.25, 0.3) is 44.8 Å². The Morgan fingerprint density at radius 2 is 0.954 bits per heavy atom. The first-order chi connectivity index (χ1) is 32.2. The van der Waals surface area contributed by atoms with Gasteiger partial charge in [-0.3, -0.25) is 0 Å². The van der Waals surface area contributed by atoms with Crippen LogP contribution in [-0.2, 0) is 14.9 Å². The van der Waals surface area contributed by atoms with Gasteiger partial charge in [0, 0.05) is 16.8 Å². The van der Waals surface area contributed by atoms with Gasteiger partial charge in [-0.2, -0.15) is 0 Å². The number of rotatable bonds is 4. The molecule has 6 nitrogen and oxygen atoms in total. The lowest BCUT2D eigenvalue weighted by Gasteiger charge is -2.62. The van der Waals surface area contributed by atoms with Crippen LogP contribution in [0.4, 0.5) is 11.6 Å². The van der Waals surface area contributed by atoms with Crippen LogP contribution >= 0.6 is 0 Å². The summed E-state index contributed by atoms with van der Waals surface area (Å²) in [6.07, 6.45) is 11.7. The van der Waals surface area contributed by atoms with E-state index in [9.17, 15) is 0 Å². The predicted molar refractivity (Wildman–Crippen MR) is 259 cm³/mol. The molecule has 8 unspecified atom stereocenters. The van der Waals surface area contributed by atoms with Crippen molar-refractivity contribution in [2.75, 3.05) is 9.80 Å². The summed E-state index contributed by atoms with van der Waals surface area (Å²) < 4.78 is 14.8. The second kappa shape index (κ2) is 15.0. The maximum absolute atomic E-state index is 7.55. The molecule has 0 bridgehead atoms. The Kier molecular flexibility index (Phi) is 8.81. The van der Waals surface area contributed by atoms with Crippen molar-refractivity contribution in [1.82, 2.24) is 9.97 Å². The standard InChI is InChI=1S/C59H54N4O2/c1-3-17-37(18-4-1)48-36-49(38-31-32-43-42-23-9-12-26-46(42)59(47(43)35-38)44-24-10-7-21-40(44)41-22-8-11-25-45(41)59)61-58(60-48)63-51-28-14-15-29-53(51)64-55-34-33-52-57(56(55)63)65-54-30-16-13-27-50(54)62(52)39-19-5-2-6-20-39/h1-12,17-26,31-32,35-36,50-57H,13-16,27-30,33-34H2. The quantitative estimate of drug-likeness (QED) is 0.176. The zero-order valence-corrected chi connectivity index (χ0v) is 36.8. The molecule has 5 fully saturated rings. The highest BCUT2D eigenvalue weighted by molar-refractivity contribution is 5.95. The molecule has 7 aromatic rings. The number of fused-ring (bicyclic) bond motifs is 15. The molecule has 8 atom stereocenters. The number of nitrogens with zero attached hydrogens (tertiary/aromatic N) is 4. The maximum Gasteiger partial charge on any atom is 0.227 e. The molecule has 2 saturated heterocycles. The molecule has 3 saturated carbocycles. The number of hydrogen-bond donors (Lipinski definition) is 0. The highest BCUT2D eigenvalue weighted by atomic mass is 16.5. The lowest BCUT2D eigenvalue weighted by Crippen LogP contribution is -2.75. The third kappa shape index (κ3) is 5.66. The van der Waals surface area contributed by atoms with Gasteiger partial charge in [0.1, 0.15) is 6.10 Å². The lowest BCUT2D eigenvalue weighted by atomic mass is 9.70. The molecular weight excluding hydrogens is 797 g/mol. The number of para-hydroxylation sites is 1. The fraction of sp³-hybridized carbons (Fsp3) is 0.322. The Balaban J connectivity index is 0.956. The Morgan fingerprint density at radius 3 is 1.62 bits per heavy atom. The van der Waals surface area contributed by atoms with E-state index in [1.54, 1.807) is 0 Å². The van der Waals surface area contributed by atoms with E-state index < -0.39 is 5.41 Å². The molecule has 2 aliphatic heterocycles. The molecule has 0 N–H and O–H groups in total. The van der Waals surface area contributed by atoms with Crippen LogP contribution < -0.4 is 9.80 Å². The van der Waals surface area contributed by atoms with Crippen molar-refractivity contribution in [2.45, 2.75) is 118 Å². The van der Waals surface area contributed by atoms with Crippen molar-refractivity contribution in [1.29, 1.82) is 0 Å². The summed E-state index contributed by atoms with van der Waals surface area (Å²) >= 11 is 0. The van der Waals surface area contributed by atoms with E-state index in [0.717, 1.165) is 60.6 Å². The summed E-state index contributed by atoms with van der Waals surface area (Å²) in [4.78, 5) is 16.9. The van der Waals surface area contributed by atoms with Crippen molar-refractivity contribution >= 4 is 11.6 Å². The van der Waals surface area contributed by atoms with Crippen molar-refractivity contribution < 1.29 is 9.47 Å². The van der Waals surface area contributed by atoms with E-state index in [1.165, 1.54) is 82.3 Å². The van der Waals surface area contributed by atoms with E-state index in [2.05, 4.69) is 168 Å². The van der Waals surface area contributed by atoms with Crippen LogP contribution in [0.3, 0.4) is 0 Å². The Labute approximate surface area is 382 Å². The van der Waals surface area contributed by atoms with Gasteiger partial charge in [0.15, 0.2) is 0 Å². The number of hydrogen-bond acceptors (Lipinski definition) is 6. The minimum atomic E-state index is -0.434. The molecule has 65 heavy (non-hydrogen) atoms. The maximum atomic E-state index is 7.55. The fourth-order valence-corrected chi connectivity index (χ4v) is 14.0. The predicted octanol–water partition coefficient (Wildman–Crippen LogP) is 12.4. The second-order valence-corrected chi connectivity index (χ2v) is 19.8. The first-order valence-corrected chi connectivity index (χ1v) is 24.6. The Morgan fingerprint density at radius 1 is 0.415 bits per heavy atom. The summed E-state index contributed by atoms with van der Waals surface area (Å²) in [7, 11) is 0. The SMILES string of the molecule is c1ccc(-c2cc(-c3ccc4c(c3)C3(c5ccccc5-c5ccccc53)c3ccccc3-4)nc(N3C4CCCCC4OC4CCC5C(OC6CCCCC6N5c5ccccc5)C43)n2)cc1. The van der Waals surface area contributed by atoms with Crippen LogP contribution in [0.15, 0.2) is 158 Å². The Bertz CT molecular complexity index is 2890. The van der Waals surface area contributed by atoms with Gasteiger partial charge in [-0.05, 0) is 107 Å². The van der Waals surface area contributed by atoms with Gasteiger partial charge in [-0.25, -0.2) is 9.97 Å². The normalized spacial score (nSPS) is 27.6. The van der Waals surface area contributed by atoms with E-state index >= 15 is 0 Å². The molecule has 322 valence electrons. The average Bonchev–Trinajstić information content (AvgIpc) is 3.85. The van der Waals surface area contributed by atoms with Crippen molar-refractivity contribution in [3.63, 3.8) is 0 Å². The van der Waals surface area contributed by atoms with Gasteiger partial charge in [-0.15, -0.1) is 0 Å². The van der Waals surface area contributed by atoms with Crippen LogP contribution in [0.2, 0.25) is 0 Å². The van der Waals surface area contributed by atoms with Gasteiger partial charge in [0.05, 0.1) is 59.3 Å². The average molecular weight is 851 g/mol. The molecular formula is C59H54N4O2. The minimum absolute atomic E-state index is 0.00894. The van der Waals surface area contributed by atoms with Crippen molar-refractivity contribution in [3.8, 4) is 44.8 Å². The molecule has 14 rings (SSSR count). The van der Waals surface area contributed by atoms with Crippen LogP contribution in [0.5, 0.6) is 0 Å². The zero-order valence-electron chi connectivity index (χ0n) is 36.8. The molecule has 6 heteroatoms.